The van der Waals surface area contributed by atoms with Crippen molar-refractivity contribution in [1.82, 2.24) is 10.0 Å². The van der Waals surface area contributed by atoms with Gasteiger partial charge in [0.1, 0.15) is 0 Å². The number of benzene rings is 1. The number of halogens is 1. The van der Waals surface area contributed by atoms with E-state index in [4.69, 9.17) is 5.14 Å². The van der Waals surface area contributed by atoms with E-state index in [0.717, 1.165) is 25.5 Å². The predicted octanol–water partition coefficient (Wildman–Crippen LogP) is -0.214. The zero-order valence-corrected chi connectivity index (χ0v) is 13.6. The van der Waals surface area contributed by atoms with Crippen molar-refractivity contribution >= 4 is 32.5 Å². The second-order valence-electron chi connectivity index (χ2n) is 4.68. The van der Waals surface area contributed by atoms with Gasteiger partial charge in [-0.15, -0.1) is 12.4 Å². The SMILES string of the molecule is Cl.NS(=O)(=O)c1cccc(S(=O)(=O)NC2CCCNC2)c1. The molecule has 2 rings (SSSR count). The number of sulfonamides is 2. The molecule has 1 atom stereocenters. The molecular weight excluding hydrogens is 338 g/mol. The maximum atomic E-state index is 12.2. The fourth-order valence-corrected chi connectivity index (χ4v) is 4.01. The first-order valence-electron chi connectivity index (χ1n) is 6.15. The average Bonchev–Trinajstić information content (AvgIpc) is 2.38. The van der Waals surface area contributed by atoms with Gasteiger partial charge in [0.05, 0.1) is 9.79 Å². The molecule has 0 saturated carbocycles. The van der Waals surface area contributed by atoms with Gasteiger partial charge >= 0.3 is 0 Å². The van der Waals surface area contributed by atoms with Crippen molar-refractivity contribution in [2.75, 3.05) is 13.1 Å². The standard InChI is InChI=1S/C11H17N3O4S2.ClH/c12-19(15,16)10-4-1-5-11(7-10)20(17,18)14-9-3-2-6-13-8-9;/h1,4-5,7,9,13-14H,2-3,6,8H2,(H2,12,15,16);1H. The van der Waals surface area contributed by atoms with Gasteiger partial charge in [0.25, 0.3) is 0 Å². The molecule has 1 heterocycles. The van der Waals surface area contributed by atoms with Crippen LogP contribution in [0.25, 0.3) is 0 Å². The van der Waals surface area contributed by atoms with Gasteiger partial charge in [0.15, 0.2) is 0 Å². The van der Waals surface area contributed by atoms with Crippen molar-refractivity contribution in [2.45, 2.75) is 28.7 Å². The minimum absolute atomic E-state index is 0. The third kappa shape index (κ3) is 4.90. The molecule has 4 N–H and O–H groups in total. The molecule has 21 heavy (non-hydrogen) atoms. The Kier molecular flexibility index (Phi) is 6.14. The molecule has 1 fully saturated rings. The fraction of sp³-hybridized carbons (Fsp3) is 0.455. The monoisotopic (exact) mass is 355 g/mol. The first-order valence-corrected chi connectivity index (χ1v) is 9.18. The second-order valence-corrected chi connectivity index (χ2v) is 7.96. The number of rotatable bonds is 4. The van der Waals surface area contributed by atoms with Gasteiger partial charge in [-0.1, -0.05) is 6.07 Å². The molecule has 120 valence electrons. The lowest BCUT2D eigenvalue weighted by Gasteiger charge is -2.23. The summed E-state index contributed by atoms with van der Waals surface area (Å²) in [6.45, 7) is 1.44. The number of hydrogen-bond donors (Lipinski definition) is 3. The maximum absolute atomic E-state index is 12.2. The van der Waals surface area contributed by atoms with Crippen molar-refractivity contribution < 1.29 is 16.8 Å². The summed E-state index contributed by atoms with van der Waals surface area (Å²) in [5.41, 5.74) is 0. The Morgan fingerprint density at radius 2 is 1.86 bits per heavy atom. The summed E-state index contributed by atoms with van der Waals surface area (Å²) in [6.07, 6.45) is 1.64. The van der Waals surface area contributed by atoms with E-state index < -0.39 is 20.0 Å². The molecule has 0 spiro atoms. The lowest BCUT2D eigenvalue weighted by Crippen LogP contribution is -2.45. The Hall–Kier alpha value is -0.710. The zero-order chi connectivity index (χ0) is 14.8. The van der Waals surface area contributed by atoms with Crippen LogP contribution in [-0.4, -0.2) is 36.0 Å². The van der Waals surface area contributed by atoms with Gasteiger partial charge in [-0.2, -0.15) is 0 Å². The number of nitrogens with two attached hydrogens (primary N) is 1. The fourth-order valence-electron chi connectivity index (χ4n) is 2.06. The Bertz CT molecular complexity index is 685. The van der Waals surface area contributed by atoms with E-state index in [-0.39, 0.29) is 28.2 Å². The third-order valence-corrected chi connectivity index (χ3v) is 5.49. The molecule has 1 aliphatic rings. The van der Waals surface area contributed by atoms with E-state index in [0.29, 0.717) is 6.54 Å². The van der Waals surface area contributed by atoms with Gasteiger partial charge in [-0.25, -0.2) is 26.7 Å². The number of hydrogen-bond acceptors (Lipinski definition) is 5. The molecule has 10 heteroatoms. The highest BCUT2D eigenvalue weighted by molar-refractivity contribution is 7.90. The number of piperidine rings is 1. The summed E-state index contributed by atoms with van der Waals surface area (Å²) in [7, 11) is -7.68. The van der Waals surface area contributed by atoms with Gasteiger partial charge in [-0.05, 0) is 37.6 Å². The van der Waals surface area contributed by atoms with E-state index in [1.807, 2.05) is 0 Å². The normalized spacial score (nSPS) is 19.8. The number of primary sulfonamides is 1. The maximum Gasteiger partial charge on any atom is 0.240 e. The van der Waals surface area contributed by atoms with E-state index >= 15 is 0 Å². The minimum atomic E-state index is -3.92. The van der Waals surface area contributed by atoms with Gasteiger partial charge in [0, 0.05) is 12.6 Å². The average molecular weight is 356 g/mol. The van der Waals surface area contributed by atoms with Crippen molar-refractivity contribution in [3.05, 3.63) is 24.3 Å². The molecule has 1 saturated heterocycles. The van der Waals surface area contributed by atoms with Crippen LogP contribution >= 0.6 is 12.4 Å². The molecule has 1 aliphatic heterocycles. The number of nitrogens with one attached hydrogen (secondary N) is 2. The predicted molar refractivity (Wildman–Crippen MR) is 81.3 cm³/mol. The summed E-state index contributed by atoms with van der Waals surface area (Å²) < 4.78 is 49.5. The molecule has 0 aromatic heterocycles. The summed E-state index contributed by atoms with van der Waals surface area (Å²) in [4.78, 5) is -0.322. The molecule has 1 aromatic carbocycles. The largest absolute Gasteiger partial charge is 0.315 e. The van der Waals surface area contributed by atoms with E-state index in [1.54, 1.807) is 0 Å². The third-order valence-electron chi connectivity index (χ3n) is 3.06. The van der Waals surface area contributed by atoms with Crippen molar-refractivity contribution in [3.63, 3.8) is 0 Å². The smallest absolute Gasteiger partial charge is 0.240 e. The molecule has 0 bridgehead atoms. The highest BCUT2D eigenvalue weighted by Gasteiger charge is 2.22. The van der Waals surface area contributed by atoms with Crippen LogP contribution in [0, 0.1) is 0 Å². The molecule has 1 aromatic rings. The highest BCUT2D eigenvalue weighted by Crippen LogP contribution is 2.16. The first-order chi connectivity index (χ1) is 9.29. The molecule has 0 amide bonds. The van der Waals surface area contributed by atoms with Gasteiger partial charge < -0.3 is 5.32 Å². The van der Waals surface area contributed by atoms with Crippen molar-refractivity contribution in [2.24, 2.45) is 5.14 Å². The van der Waals surface area contributed by atoms with Crippen LogP contribution in [0.5, 0.6) is 0 Å². The molecular formula is C11H18ClN3O4S2. The Labute approximate surface area is 130 Å². The van der Waals surface area contributed by atoms with E-state index in [1.165, 1.54) is 18.2 Å². The van der Waals surface area contributed by atoms with Crippen molar-refractivity contribution in [1.29, 1.82) is 0 Å². The lowest BCUT2D eigenvalue weighted by atomic mass is 10.1. The topological polar surface area (TPSA) is 118 Å². The molecule has 0 aliphatic carbocycles. The van der Waals surface area contributed by atoms with Crippen molar-refractivity contribution in [3.8, 4) is 0 Å². The van der Waals surface area contributed by atoms with Crippen LogP contribution in [0.3, 0.4) is 0 Å². The Balaban J connectivity index is 0.00000220. The van der Waals surface area contributed by atoms with Crippen LogP contribution < -0.4 is 15.2 Å². The van der Waals surface area contributed by atoms with Gasteiger partial charge in [-0.3, -0.25) is 0 Å². The summed E-state index contributed by atoms with van der Waals surface area (Å²) >= 11 is 0. The minimum Gasteiger partial charge on any atom is -0.315 e. The summed E-state index contributed by atoms with van der Waals surface area (Å²) in [5, 5.41) is 8.10. The molecule has 0 radical (unpaired) electrons. The zero-order valence-electron chi connectivity index (χ0n) is 11.2. The van der Waals surface area contributed by atoms with Crippen LogP contribution in [0.4, 0.5) is 0 Å². The Morgan fingerprint density at radius 3 is 2.43 bits per heavy atom. The highest BCUT2D eigenvalue weighted by atomic mass is 35.5. The quantitative estimate of drug-likeness (QED) is 0.690. The van der Waals surface area contributed by atoms with Crippen LogP contribution in [0.2, 0.25) is 0 Å². The summed E-state index contributed by atoms with van der Waals surface area (Å²) in [6, 6.07) is 4.83. The van der Waals surface area contributed by atoms with Crippen LogP contribution in [0.15, 0.2) is 34.1 Å². The Morgan fingerprint density at radius 1 is 1.19 bits per heavy atom. The van der Waals surface area contributed by atoms with E-state index in [9.17, 15) is 16.8 Å². The van der Waals surface area contributed by atoms with E-state index in [2.05, 4.69) is 10.0 Å². The first kappa shape index (κ1) is 18.3. The van der Waals surface area contributed by atoms with Crippen LogP contribution in [0.1, 0.15) is 12.8 Å². The molecule has 7 nitrogen and oxygen atoms in total. The lowest BCUT2D eigenvalue weighted by molar-refractivity contribution is 0.428. The van der Waals surface area contributed by atoms with Crippen LogP contribution in [-0.2, 0) is 20.0 Å². The van der Waals surface area contributed by atoms with Gasteiger partial charge in [0.2, 0.25) is 20.0 Å². The molecule has 1 unspecified atom stereocenters. The summed E-state index contributed by atoms with van der Waals surface area (Å²) in [5.74, 6) is 0. The second kappa shape index (κ2) is 7.03.